The van der Waals surface area contributed by atoms with E-state index in [1.165, 1.54) is 6.20 Å². The van der Waals surface area contributed by atoms with Crippen molar-refractivity contribution in [1.82, 2.24) is 14.8 Å². The summed E-state index contributed by atoms with van der Waals surface area (Å²) in [6, 6.07) is 8.14. The van der Waals surface area contributed by atoms with Crippen LogP contribution in [-0.4, -0.2) is 26.8 Å². The standard InChI is InChI=1S/C20H18F3N5O/c1-12-4-6-13(7-5-12)16-9-17(20(21,22)23)28-18(27-16)15(11-25-28)19(29)26-14-3-2-8-24-10-14/h2-8,10-11,16-17,27H,9H2,1H3,(H,26,29)/t16-,17-/m0/s1. The van der Waals surface area contributed by atoms with Gasteiger partial charge in [0.25, 0.3) is 5.91 Å². The number of halogens is 3. The number of nitrogens with zero attached hydrogens (tertiary/aromatic N) is 3. The largest absolute Gasteiger partial charge is 0.410 e. The van der Waals surface area contributed by atoms with Crippen LogP contribution in [-0.2, 0) is 0 Å². The molecule has 6 nitrogen and oxygen atoms in total. The number of benzene rings is 1. The molecular formula is C20H18F3N5O. The Morgan fingerprint density at radius 3 is 2.62 bits per heavy atom. The molecule has 0 spiro atoms. The minimum Gasteiger partial charge on any atom is -0.363 e. The molecule has 29 heavy (non-hydrogen) atoms. The van der Waals surface area contributed by atoms with Crippen LogP contribution < -0.4 is 10.6 Å². The van der Waals surface area contributed by atoms with Gasteiger partial charge in [0.2, 0.25) is 0 Å². The zero-order chi connectivity index (χ0) is 20.6. The summed E-state index contributed by atoms with van der Waals surface area (Å²) in [5, 5.41) is 9.58. The molecule has 0 bridgehead atoms. The third-order valence-electron chi connectivity index (χ3n) is 4.88. The number of nitrogens with one attached hydrogen (secondary N) is 2. The van der Waals surface area contributed by atoms with Gasteiger partial charge in [-0.2, -0.15) is 18.3 Å². The average Bonchev–Trinajstić information content (AvgIpc) is 3.12. The van der Waals surface area contributed by atoms with E-state index in [1.54, 1.807) is 30.5 Å². The number of rotatable bonds is 3. The van der Waals surface area contributed by atoms with Crippen LogP contribution in [0.2, 0.25) is 0 Å². The van der Waals surface area contributed by atoms with Crippen LogP contribution in [0.5, 0.6) is 0 Å². The summed E-state index contributed by atoms with van der Waals surface area (Å²) >= 11 is 0. The summed E-state index contributed by atoms with van der Waals surface area (Å²) in [4.78, 5) is 16.6. The van der Waals surface area contributed by atoms with Gasteiger partial charge in [-0.05, 0) is 24.6 Å². The summed E-state index contributed by atoms with van der Waals surface area (Å²) in [6.45, 7) is 1.91. The Bertz CT molecular complexity index is 1010. The maximum Gasteiger partial charge on any atom is 0.410 e. The van der Waals surface area contributed by atoms with Crippen molar-refractivity contribution in [3.63, 3.8) is 0 Å². The van der Waals surface area contributed by atoms with Gasteiger partial charge >= 0.3 is 6.18 Å². The van der Waals surface area contributed by atoms with Crippen molar-refractivity contribution >= 4 is 17.4 Å². The van der Waals surface area contributed by atoms with Crippen molar-refractivity contribution in [2.24, 2.45) is 0 Å². The zero-order valence-electron chi connectivity index (χ0n) is 15.4. The van der Waals surface area contributed by atoms with Gasteiger partial charge in [-0.15, -0.1) is 0 Å². The molecule has 1 amide bonds. The second-order valence-corrected chi connectivity index (χ2v) is 6.95. The van der Waals surface area contributed by atoms with Crippen LogP contribution in [0, 0.1) is 6.92 Å². The van der Waals surface area contributed by atoms with Crippen LogP contribution >= 0.6 is 0 Å². The maximum absolute atomic E-state index is 13.7. The molecule has 1 aliphatic rings. The predicted molar refractivity (Wildman–Crippen MR) is 102 cm³/mol. The van der Waals surface area contributed by atoms with Crippen LogP contribution in [0.4, 0.5) is 24.7 Å². The van der Waals surface area contributed by atoms with Crippen LogP contribution in [0.1, 0.15) is 40.0 Å². The van der Waals surface area contributed by atoms with Gasteiger partial charge in [0.05, 0.1) is 24.1 Å². The number of aromatic nitrogens is 3. The number of amides is 1. The number of carbonyl (C=O) groups is 1. The van der Waals surface area contributed by atoms with E-state index >= 15 is 0 Å². The molecule has 3 heterocycles. The molecule has 0 radical (unpaired) electrons. The number of anilines is 2. The van der Waals surface area contributed by atoms with E-state index in [4.69, 9.17) is 0 Å². The maximum atomic E-state index is 13.7. The summed E-state index contributed by atoms with van der Waals surface area (Å²) in [5.74, 6) is -0.511. The van der Waals surface area contributed by atoms with Crippen LogP contribution in [0.3, 0.4) is 0 Å². The number of aryl methyl sites for hydroxylation is 1. The number of hydrogen-bond donors (Lipinski definition) is 2. The number of fused-ring (bicyclic) bond motifs is 1. The SMILES string of the molecule is Cc1ccc([C@@H]2C[C@@H](C(F)(F)F)n3ncc(C(=O)Nc4cccnc4)c3N2)cc1. The van der Waals surface area contributed by atoms with Gasteiger partial charge in [0, 0.05) is 12.6 Å². The number of hydrogen-bond acceptors (Lipinski definition) is 4. The molecule has 2 N–H and O–H groups in total. The van der Waals surface area contributed by atoms with E-state index in [0.717, 1.165) is 22.0 Å². The van der Waals surface area contributed by atoms with Crippen LogP contribution in [0.25, 0.3) is 0 Å². The number of pyridine rings is 1. The lowest BCUT2D eigenvalue weighted by atomic mass is 9.96. The second-order valence-electron chi connectivity index (χ2n) is 6.95. The molecule has 150 valence electrons. The molecular weight excluding hydrogens is 383 g/mol. The van der Waals surface area contributed by atoms with E-state index in [2.05, 4.69) is 20.7 Å². The average molecular weight is 401 g/mol. The lowest BCUT2D eigenvalue weighted by Gasteiger charge is -2.34. The Morgan fingerprint density at radius 2 is 1.97 bits per heavy atom. The van der Waals surface area contributed by atoms with E-state index in [9.17, 15) is 18.0 Å². The molecule has 0 unspecified atom stereocenters. The molecule has 3 aromatic rings. The highest BCUT2D eigenvalue weighted by Gasteiger charge is 2.47. The first-order valence-corrected chi connectivity index (χ1v) is 9.01. The highest BCUT2D eigenvalue weighted by molar-refractivity contribution is 6.07. The van der Waals surface area contributed by atoms with Gasteiger partial charge in [-0.1, -0.05) is 29.8 Å². The molecule has 0 fully saturated rings. The number of alkyl halides is 3. The fourth-order valence-corrected chi connectivity index (χ4v) is 3.38. The predicted octanol–water partition coefficient (Wildman–Crippen LogP) is 4.50. The zero-order valence-corrected chi connectivity index (χ0v) is 15.4. The summed E-state index contributed by atoms with van der Waals surface area (Å²) < 4.78 is 42.0. The first kappa shape index (κ1) is 19.0. The van der Waals surface area contributed by atoms with E-state index in [1.807, 2.05) is 19.1 Å². The van der Waals surface area contributed by atoms with Gasteiger partial charge in [0.15, 0.2) is 6.04 Å². The first-order valence-electron chi connectivity index (χ1n) is 9.01. The number of carbonyl (C=O) groups excluding carboxylic acids is 1. The second kappa shape index (κ2) is 7.23. The monoisotopic (exact) mass is 401 g/mol. The normalized spacial score (nSPS) is 18.6. The van der Waals surface area contributed by atoms with Gasteiger partial charge in [-0.3, -0.25) is 9.78 Å². The fraction of sp³-hybridized carbons (Fsp3) is 0.250. The molecule has 1 aliphatic heterocycles. The summed E-state index contributed by atoms with van der Waals surface area (Å²) in [5.41, 5.74) is 2.21. The third kappa shape index (κ3) is 3.80. The van der Waals surface area contributed by atoms with E-state index in [-0.39, 0.29) is 17.8 Å². The Hall–Kier alpha value is -3.36. The first-order chi connectivity index (χ1) is 13.8. The topological polar surface area (TPSA) is 71.8 Å². The minimum absolute atomic E-state index is 0.0416. The summed E-state index contributed by atoms with van der Waals surface area (Å²) in [7, 11) is 0. The van der Waals surface area contributed by atoms with Crippen molar-refractivity contribution in [2.75, 3.05) is 10.6 Å². The lowest BCUT2D eigenvalue weighted by molar-refractivity contribution is -0.173. The smallest absolute Gasteiger partial charge is 0.363 e. The minimum atomic E-state index is -4.50. The quantitative estimate of drug-likeness (QED) is 0.678. The Morgan fingerprint density at radius 1 is 1.21 bits per heavy atom. The molecule has 0 aliphatic carbocycles. The van der Waals surface area contributed by atoms with Crippen molar-refractivity contribution in [2.45, 2.75) is 31.6 Å². The van der Waals surface area contributed by atoms with Crippen molar-refractivity contribution < 1.29 is 18.0 Å². The molecule has 9 heteroatoms. The summed E-state index contributed by atoms with van der Waals surface area (Å²) in [6.07, 6.45) is -0.549. The van der Waals surface area contributed by atoms with Crippen molar-refractivity contribution in [3.8, 4) is 0 Å². The van der Waals surface area contributed by atoms with Crippen molar-refractivity contribution in [1.29, 1.82) is 0 Å². The van der Waals surface area contributed by atoms with Gasteiger partial charge in [-0.25, -0.2) is 4.68 Å². The lowest BCUT2D eigenvalue weighted by Crippen LogP contribution is -2.36. The molecule has 1 aromatic carbocycles. The van der Waals surface area contributed by atoms with Crippen molar-refractivity contribution in [3.05, 3.63) is 71.7 Å². The molecule has 0 saturated heterocycles. The van der Waals surface area contributed by atoms with E-state index in [0.29, 0.717) is 5.69 Å². The molecule has 4 rings (SSSR count). The molecule has 2 aromatic heterocycles. The Balaban J connectivity index is 1.69. The molecule has 0 saturated carbocycles. The van der Waals surface area contributed by atoms with Crippen LogP contribution in [0.15, 0.2) is 55.0 Å². The highest BCUT2D eigenvalue weighted by atomic mass is 19.4. The Kier molecular flexibility index (Phi) is 4.73. The third-order valence-corrected chi connectivity index (χ3v) is 4.88. The fourth-order valence-electron chi connectivity index (χ4n) is 3.38. The molecule has 2 atom stereocenters. The Labute approximate surface area is 164 Å². The van der Waals surface area contributed by atoms with E-state index < -0.39 is 24.2 Å². The van der Waals surface area contributed by atoms with Gasteiger partial charge in [0.1, 0.15) is 11.4 Å². The highest BCUT2D eigenvalue weighted by Crippen LogP contribution is 2.44. The van der Waals surface area contributed by atoms with Gasteiger partial charge < -0.3 is 10.6 Å².